The molecule has 0 bridgehead atoms. The zero-order valence-corrected chi connectivity index (χ0v) is 25.4. The summed E-state index contributed by atoms with van der Waals surface area (Å²) >= 11 is 0. The summed E-state index contributed by atoms with van der Waals surface area (Å²) < 4.78 is 17.7. The lowest BCUT2D eigenvalue weighted by Crippen LogP contribution is -2.35. The van der Waals surface area contributed by atoms with Crippen LogP contribution in [0.4, 0.5) is 0 Å². The molecular formula is C36H48O6. The lowest BCUT2D eigenvalue weighted by molar-refractivity contribution is -0.341. The molecule has 228 valence electrons. The number of fused-ring (bicyclic) bond motifs is 1. The average Bonchev–Trinajstić information content (AvgIpc) is 3.60. The molecule has 2 aliphatic heterocycles. The van der Waals surface area contributed by atoms with Crippen molar-refractivity contribution in [2.45, 2.75) is 109 Å². The van der Waals surface area contributed by atoms with E-state index in [1.54, 1.807) is 0 Å². The molecule has 0 N–H and O–H groups in total. The van der Waals surface area contributed by atoms with Gasteiger partial charge in [-0.05, 0) is 91.0 Å². The first kappa shape index (κ1) is 29.8. The van der Waals surface area contributed by atoms with E-state index in [0.29, 0.717) is 25.4 Å². The Labute approximate surface area is 251 Å². The molecule has 4 aliphatic rings. The Hall–Kier alpha value is -2.25. The second-order valence-corrected chi connectivity index (χ2v) is 13.6. The van der Waals surface area contributed by atoms with Crippen LogP contribution in [0.3, 0.4) is 0 Å². The topological polar surface area (TPSA) is 63.2 Å². The van der Waals surface area contributed by atoms with E-state index in [1.807, 2.05) is 12.1 Å². The third kappa shape index (κ3) is 7.63. The minimum absolute atomic E-state index is 0.292. The third-order valence-corrected chi connectivity index (χ3v) is 10.2. The molecule has 0 radical (unpaired) electrons. The van der Waals surface area contributed by atoms with Crippen LogP contribution in [-0.2, 0) is 43.4 Å². The highest BCUT2D eigenvalue weighted by atomic mass is 17.2. The van der Waals surface area contributed by atoms with Crippen LogP contribution in [0.1, 0.15) is 92.3 Å². The molecule has 2 saturated heterocycles. The summed E-state index contributed by atoms with van der Waals surface area (Å²) in [6.07, 6.45) is 11.5. The molecule has 0 aromatic heterocycles. The first-order chi connectivity index (χ1) is 20.5. The number of carbonyl (C=O) groups excluding carboxylic acids is 1. The molecule has 0 amide bonds. The smallest absolute Gasteiger partial charge is 0.338 e. The lowest BCUT2D eigenvalue weighted by Gasteiger charge is -2.26. The van der Waals surface area contributed by atoms with E-state index in [2.05, 4.69) is 50.2 Å². The van der Waals surface area contributed by atoms with Crippen molar-refractivity contribution < 1.29 is 28.8 Å². The van der Waals surface area contributed by atoms with E-state index in [0.717, 1.165) is 35.7 Å². The van der Waals surface area contributed by atoms with Crippen molar-refractivity contribution in [1.29, 1.82) is 0 Å². The monoisotopic (exact) mass is 576 g/mol. The molecule has 6 rings (SSSR count). The van der Waals surface area contributed by atoms with Gasteiger partial charge in [0.05, 0.1) is 18.8 Å². The standard InChI is InChI=1S/C36H48O6/c1-24-3-7-26(8-4-24)19-28-11-13-30(14-12-28)21-40-42-33-23-39-34-32(22-38-35(33)34)41-36(37)31-17-15-29(16-18-31)20-27-9-5-25(2)6-10-27/h11-18,24-27,32-35H,3-10,19-23H2,1-2H3/t24?,25?,26?,27?,32?,33-,34+,35+/m0/s1. The SMILES string of the molecule is CC1CCC(Cc2ccc(COO[C@H]3CO[C@@H]4C(OC(=O)c5ccc(CC6CCC(C)CC6)cc5)CO[C@H]34)cc2)CC1. The lowest BCUT2D eigenvalue weighted by atomic mass is 9.80. The van der Waals surface area contributed by atoms with Gasteiger partial charge < -0.3 is 14.2 Å². The van der Waals surface area contributed by atoms with Gasteiger partial charge in [0.2, 0.25) is 0 Å². The van der Waals surface area contributed by atoms with E-state index >= 15 is 0 Å². The Balaban J connectivity index is 0.915. The van der Waals surface area contributed by atoms with E-state index in [9.17, 15) is 4.79 Å². The minimum Gasteiger partial charge on any atom is -0.453 e. The first-order valence-electron chi connectivity index (χ1n) is 16.4. The van der Waals surface area contributed by atoms with Crippen LogP contribution < -0.4 is 0 Å². The normalized spacial score (nSPS) is 32.9. The highest BCUT2D eigenvalue weighted by Crippen LogP contribution is 2.33. The van der Waals surface area contributed by atoms with E-state index in [-0.39, 0.29) is 24.3 Å². The molecule has 6 nitrogen and oxygen atoms in total. The van der Waals surface area contributed by atoms with Gasteiger partial charge in [-0.1, -0.05) is 75.9 Å². The summed E-state index contributed by atoms with van der Waals surface area (Å²) in [6, 6.07) is 16.6. The summed E-state index contributed by atoms with van der Waals surface area (Å²) in [6.45, 7) is 5.72. The largest absolute Gasteiger partial charge is 0.453 e. The molecule has 1 unspecified atom stereocenters. The summed E-state index contributed by atoms with van der Waals surface area (Å²) in [5.41, 5.74) is 4.33. The van der Waals surface area contributed by atoms with Gasteiger partial charge in [-0.3, -0.25) is 0 Å². The number of hydrogen-bond acceptors (Lipinski definition) is 6. The zero-order chi connectivity index (χ0) is 28.9. The van der Waals surface area contributed by atoms with Gasteiger partial charge in [0.15, 0.2) is 6.10 Å². The summed E-state index contributed by atoms with van der Waals surface area (Å²) in [7, 11) is 0. The van der Waals surface area contributed by atoms with Crippen molar-refractivity contribution in [2.75, 3.05) is 13.2 Å². The van der Waals surface area contributed by atoms with Crippen LogP contribution in [0.5, 0.6) is 0 Å². The summed E-state index contributed by atoms with van der Waals surface area (Å²) in [4.78, 5) is 24.2. The average molecular weight is 577 g/mol. The Morgan fingerprint density at radius 1 is 0.667 bits per heavy atom. The molecule has 4 atom stereocenters. The fourth-order valence-electron chi connectivity index (χ4n) is 7.29. The zero-order valence-electron chi connectivity index (χ0n) is 25.4. The van der Waals surface area contributed by atoms with Crippen LogP contribution in [0.2, 0.25) is 0 Å². The van der Waals surface area contributed by atoms with E-state index in [1.165, 1.54) is 68.9 Å². The van der Waals surface area contributed by atoms with E-state index in [4.69, 9.17) is 24.0 Å². The minimum atomic E-state index is -0.458. The fraction of sp³-hybridized carbons (Fsp3) is 0.639. The number of esters is 1. The molecule has 2 aromatic rings. The van der Waals surface area contributed by atoms with Crippen molar-refractivity contribution in [2.24, 2.45) is 23.7 Å². The molecule has 2 aromatic carbocycles. The number of rotatable bonds is 10. The quantitative estimate of drug-likeness (QED) is 0.168. The van der Waals surface area contributed by atoms with E-state index < -0.39 is 6.10 Å². The Morgan fingerprint density at radius 3 is 1.71 bits per heavy atom. The number of hydrogen-bond donors (Lipinski definition) is 0. The van der Waals surface area contributed by atoms with Gasteiger partial charge >= 0.3 is 5.97 Å². The maximum atomic E-state index is 12.9. The summed E-state index contributed by atoms with van der Waals surface area (Å²) in [5, 5.41) is 0. The predicted molar refractivity (Wildman–Crippen MR) is 161 cm³/mol. The predicted octanol–water partition coefficient (Wildman–Crippen LogP) is 7.26. The van der Waals surface area contributed by atoms with Crippen LogP contribution in [0.25, 0.3) is 0 Å². The van der Waals surface area contributed by atoms with Gasteiger partial charge in [0.1, 0.15) is 24.9 Å². The van der Waals surface area contributed by atoms with Crippen molar-refractivity contribution in [3.63, 3.8) is 0 Å². The van der Waals surface area contributed by atoms with Crippen LogP contribution in [0, 0.1) is 23.7 Å². The molecule has 0 spiro atoms. The maximum Gasteiger partial charge on any atom is 0.338 e. The van der Waals surface area contributed by atoms with Gasteiger partial charge in [-0.15, -0.1) is 0 Å². The van der Waals surface area contributed by atoms with Gasteiger partial charge in [-0.25, -0.2) is 14.6 Å². The first-order valence-corrected chi connectivity index (χ1v) is 16.4. The van der Waals surface area contributed by atoms with Crippen LogP contribution >= 0.6 is 0 Å². The summed E-state index contributed by atoms with van der Waals surface area (Å²) in [5.74, 6) is 2.98. The van der Waals surface area contributed by atoms with Crippen molar-refractivity contribution >= 4 is 5.97 Å². The second kappa shape index (κ2) is 14.0. The molecule has 6 heteroatoms. The molecule has 2 aliphatic carbocycles. The molecule has 2 heterocycles. The maximum absolute atomic E-state index is 12.9. The van der Waals surface area contributed by atoms with Gasteiger partial charge in [-0.2, -0.15) is 0 Å². The number of ether oxygens (including phenoxy) is 3. The van der Waals surface area contributed by atoms with Gasteiger partial charge in [0.25, 0.3) is 0 Å². The molecular weight excluding hydrogens is 528 g/mol. The van der Waals surface area contributed by atoms with Crippen LogP contribution in [-0.4, -0.2) is 43.6 Å². The van der Waals surface area contributed by atoms with Crippen molar-refractivity contribution in [1.82, 2.24) is 0 Å². The van der Waals surface area contributed by atoms with Crippen molar-refractivity contribution in [3.8, 4) is 0 Å². The number of carbonyl (C=O) groups is 1. The van der Waals surface area contributed by atoms with Crippen LogP contribution in [0.15, 0.2) is 48.5 Å². The van der Waals surface area contributed by atoms with Crippen molar-refractivity contribution in [3.05, 3.63) is 70.8 Å². The number of benzene rings is 2. The Morgan fingerprint density at radius 2 is 1.14 bits per heavy atom. The Bertz CT molecular complexity index is 1130. The van der Waals surface area contributed by atoms with Gasteiger partial charge in [0, 0.05) is 0 Å². The highest BCUT2D eigenvalue weighted by molar-refractivity contribution is 5.89. The third-order valence-electron chi connectivity index (χ3n) is 10.2. The molecule has 2 saturated carbocycles. The fourth-order valence-corrected chi connectivity index (χ4v) is 7.29. The molecule has 4 fully saturated rings. The second-order valence-electron chi connectivity index (χ2n) is 13.6. The highest BCUT2D eigenvalue weighted by Gasteiger charge is 2.50. The molecule has 42 heavy (non-hydrogen) atoms. The Kier molecular flexibility index (Phi) is 9.95.